The smallest absolute Gasteiger partial charge is 0.220 e. The average molecular weight is 312 g/mol. The highest BCUT2D eigenvalue weighted by atomic mass is 16.2. The van der Waals surface area contributed by atoms with E-state index in [0.29, 0.717) is 13.0 Å². The van der Waals surface area contributed by atoms with Crippen molar-refractivity contribution < 1.29 is 9.90 Å². The zero-order chi connectivity index (χ0) is 16.3. The number of aliphatic hydroxyl groups is 1. The van der Waals surface area contributed by atoms with Crippen molar-refractivity contribution in [1.29, 1.82) is 0 Å². The molecular formula is C18H36N2O2. The molecule has 0 aromatic carbocycles. The molecule has 0 radical (unpaired) electrons. The van der Waals surface area contributed by atoms with Gasteiger partial charge in [-0.15, -0.1) is 6.58 Å². The van der Waals surface area contributed by atoms with E-state index in [9.17, 15) is 4.79 Å². The largest absolute Gasteiger partial charge is 0.396 e. The first-order valence-electron chi connectivity index (χ1n) is 9.00. The number of allylic oxidation sites excluding steroid dienone is 1. The highest BCUT2D eigenvalue weighted by molar-refractivity contribution is 5.75. The summed E-state index contributed by atoms with van der Waals surface area (Å²) >= 11 is 0. The van der Waals surface area contributed by atoms with Gasteiger partial charge in [0.25, 0.3) is 0 Å². The molecule has 0 aromatic heterocycles. The second kappa shape index (κ2) is 18.2. The highest BCUT2D eigenvalue weighted by Crippen LogP contribution is 2.06. The maximum atomic E-state index is 11.5. The molecule has 0 aromatic rings. The minimum absolute atomic E-state index is 0.161. The van der Waals surface area contributed by atoms with Gasteiger partial charge in [0, 0.05) is 26.1 Å². The second-order valence-electron chi connectivity index (χ2n) is 5.83. The summed E-state index contributed by atoms with van der Waals surface area (Å²) in [7, 11) is 0. The van der Waals surface area contributed by atoms with Gasteiger partial charge in [0.1, 0.15) is 0 Å². The molecular weight excluding hydrogens is 276 g/mol. The molecule has 4 nitrogen and oxygen atoms in total. The van der Waals surface area contributed by atoms with Gasteiger partial charge >= 0.3 is 0 Å². The number of unbranched alkanes of at least 4 members (excludes halogenated alkanes) is 8. The first-order chi connectivity index (χ1) is 10.8. The van der Waals surface area contributed by atoms with Gasteiger partial charge in [-0.25, -0.2) is 0 Å². The molecule has 0 bridgehead atoms. The van der Waals surface area contributed by atoms with Crippen LogP contribution in [0.1, 0.15) is 70.6 Å². The van der Waals surface area contributed by atoms with Gasteiger partial charge in [0.2, 0.25) is 5.91 Å². The molecule has 4 heteroatoms. The molecule has 0 heterocycles. The first kappa shape index (κ1) is 21.1. The fourth-order valence-electron chi connectivity index (χ4n) is 2.32. The Morgan fingerprint density at radius 2 is 1.55 bits per heavy atom. The fourth-order valence-corrected chi connectivity index (χ4v) is 2.32. The topological polar surface area (TPSA) is 61.4 Å². The zero-order valence-corrected chi connectivity index (χ0v) is 14.2. The van der Waals surface area contributed by atoms with Gasteiger partial charge in [0.15, 0.2) is 0 Å². The van der Waals surface area contributed by atoms with Crippen LogP contribution in [0.5, 0.6) is 0 Å². The zero-order valence-electron chi connectivity index (χ0n) is 14.2. The van der Waals surface area contributed by atoms with Crippen LogP contribution in [0.3, 0.4) is 0 Å². The fraction of sp³-hybridized carbons (Fsp3) is 0.833. The van der Waals surface area contributed by atoms with Crippen molar-refractivity contribution in [3.63, 3.8) is 0 Å². The lowest BCUT2D eigenvalue weighted by Crippen LogP contribution is -2.32. The van der Waals surface area contributed by atoms with E-state index in [1.807, 2.05) is 6.08 Å². The molecule has 22 heavy (non-hydrogen) atoms. The maximum Gasteiger partial charge on any atom is 0.220 e. The van der Waals surface area contributed by atoms with Crippen LogP contribution in [0.15, 0.2) is 12.7 Å². The molecule has 0 fully saturated rings. The van der Waals surface area contributed by atoms with Crippen LogP contribution >= 0.6 is 0 Å². The lowest BCUT2D eigenvalue weighted by Gasteiger charge is -2.07. The minimum Gasteiger partial charge on any atom is -0.396 e. The summed E-state index contributed by atoms with van der Waals surface area (Å²) in [5, 5.41) is 15.0. The number of hydrogen-bond donors (Lipinski definition) is 3. The van der Waals surface area contributed by atoms with E-state index in [4.69, 9.17) is 5.11 Å². The van der Waals surface area contributed by atoms with Crippen molar-refractivity contribution in [2.75, 3.05) is 26.2 Å². The van der Waals surface area contributed by atoms with E-state index in [1.165, 1.54) is 32.1 Å². The molecule has 0 spiro atoms. The summed E-state index contributed by atoms with van der Waals surface area (Å²) in [6, 6.07) is 0. The average Bonchev–Trinajstić information content (AvgIpc) is 2.52. The number of carbonyl (C=O) groups excluding carboxylic acids is 1. The predicted octanol–water partition coefficient (Wildman–Crippen LogP) is 3.16. The number of nitrogens with one attached hydrogen (secondary N) is 2. The summed E-state index contributed by atoms with van der Waals surface area (Å²) in [5.41, 5.74) is 0. The van der Waals surface area contributed by atoms with E-state index in [-0.39, 0.29) is 5.91 Å². The molecule has 3 N–H and O–H groups in total. The Hall–Kier alpha value is -0.870. The SMILES string of the molecule is C=CCCCCC(=O)NCCNCCCCCCCCCO. The summed E-state index contributed by atoms with van der Waals surface area (Å²) in [6.45, 7) is 6.61. The van der Waals surface area contributed by atoms with Gasteiger partial charge in [-0.05, 0) is 38.6 Å². The monoisotopic (exact) mass is 312 g/mol. The predicted molar refractivity (Wildman–Crippen MR) is 93.9 cm³/mol. The van der Waals surface area contributed by atoms with Crippen molar-refractivity contribution in [3.8, 4) is 0 Å². The lowest BCUT2D eigenvalue weighted by molar-refractivity contribution is -0.121. The Balaban J connectivity index is 3.10. The summed E-state index contributed by atoms with van der Waals surface area (Å²) in [4.78, 5) is 11.5. The summed E-state index contributed by atoms with van der Waals surface area (Å²) in [5.74, 6) is 0.161. The molecule has 1 amide bonds. The number of carbonyl (C=O) groups is 1. The first-order valence-corrected chi connectivity index (χ1v) is 9.00. The summed E-state index contributed by atoms with van der Waals surface area (Å²) in [6.07, 6.45) is 13.9. The molecule has 0 aliphatic rings. The van der Waals surface area contributed by atoms with E-state index in [2.05, 4.69) is 17.2 Å². The van der Waals surface area contributed by atoms with Crippen molar-refractivity contribution in [3.05, 3.63) is 12.7 Å². The van der Waals surface area contributed by atoms with Crippen LogP contribution < -0.4 is 10.6 Å². The van der Waals surface area contributed by atoms with E-state index in [1.54, 1.807) is 0 Å². The van der Waals surface area contributed by atoms with Crippen LogP contribution in [0.25, 0.3) is 0 Å². The number of aliphatic hydroxyl groups excluding tert-OH is 1. The van der Waals surface area contributed by atoms with Crippen LogP contribution in [0.4, 0.5) is 0 Å². The number of rotatable bonds is 17. The van der Waals surface area contributed by atoms with Gasteiger partial charge in [0.05, 0.1) is 0 Å². The molecule has 0 rings (SSSR count). The Morgan fingerprint density at radius 3 is 2.23 bits per heavy atom. The quantitative estimate of drug-likeness (QED) is 0.285. The van der Waals surface area contributed by atoms with Crippen molar-refractivity contribution >= 4 is 5.91 Å². The maximum absolute atomic E-state index is 11.5. The third-order valence-corrected chi connectivity index (χ3v) is 3.70. The third kappa shape index (κ3) is 17.2. The number of amides is 1. The normalized spacial score (nSPS) is 10.6. The van der Waals surface area contributed by atoms with Crippen molar-refractivity contribution in [2.24, 2.45) is 0 Å². The molecule has 0 saturated carbocycles. The van der Waals surface area contributed by atoms with Crippen molar-refractivity contribution in [2.45, 2.75) is 70.6 Å². The van der Waals surface area contributed by atoms with Gasteiger partial charge < -0.3 is 15.7 Å². The van der Waals surface area contributed by atoms with Crippen LogP contribution in [-0.2, 0) is 4.79 Å². The molecule has 0 saturated heterocycles. The lowest BCUT2D eigenvalue weighted by atomic mass is 10.1. The Morgan fingerprint density at radius 1 is 0.864 bits per heavy atom. The summed E-state index contributed by atoms with van der Waals surface area (Å²) < 4.78 is 0. The van der Waals surface area contributed by atoms with Gasteiger partial charge in [-0.1, -0.05) is 38.2 Å². The van der Waals surface area contributed by atoms with E-state index in [0.717, 1.165) is 51.7 Å². The van der Waals surface area contributed by atoms with E-state index < -0.39 is 0 Å². The molecule has 0 aliphatic carbocycles. The Labute approximate surface area is 136 Å². The van der Waals surface area contributed by atoms with Crippen LogP contribution in [-0.4, -0.2) is 37.3 Å². The molecule has 0 unspecified atom stereocenters. The van der Waals surface area contributed by atoms with Crippen LogP contribution in [0, 0.1) is 0 Å². The second-order valence-corrected chi connectivity index (χ2v) is 5.83. The molecule has 130 valence electrons. The van der Waals surface area contributed by atoms with Gasteiger partial charge in [-0.3, -0.25) is 4.79 Å². The molecule has 0 atom stereocenters. The Bertz CT molecular complexity index is 257. The third-order valence-electron chi connectivity index (χ3n) is 3.70. The number of hydrogen-bond acceptors (Lipinski definition) is 3. The highest BCUT2D eigenvalue weighted by Gasteiger charge is 1.99. The van der Waals surface area contributed by atoms with E-state index >= 15 is 0 Å². The van der Waals surface area contributed by atoms with Crippen LogP contribution in [0.2, 0.25) is 0 Å². The van der Waals surface area contributed by atoms with Crippen molar-refractivity contribution in [1.82, 2.24) is 10.6 Å². The van der Waals surface area contributed by atoms with Gasteiger partial charge in [-0.2, -0.15) is 0 Å². The standard InChI is InChI=1S/C18H36N2O2/c1-2-3-4-10-13-18(22)20-16-15-19-14-11-8-6-5-7-9-12-17-21/h2,19,21H,1,3-17H2,(H,20,22). The minimum atomic E-state index is 0.161. The molecule has 0 aliphatic heterocycles. The Kier molecular flexibility index (Phi) is 17.5.